The van der Waals surface area contributed by atoms with Crippen molar-refractivity contribution < 1.29 is 4.39 Å². The van der Waals surface area contributed by atoms with Crippen LogP contribution in [-0.4, -0.2) is 0 Å². The van der Waals surface area contributed by atoms with Gasteiger partial charge in [0.25, 0.3) is 0 Å². The van der Waals surface area contributed by atoms with Crippen LogP contribution in [0.5, 0.6) is 0 Å². The molecule has 0 aliphatic carbocycles. The van der Waals surface area contributed by atoms with E-state index in [2.05, 4.69) is 45.9 Å². The second-order valence-corrected chi connectivity index (χ2v) is 5.64. The Hall–Kier alpha value is -1.63. The van der Waals surface area contributed by atoms with Gasteiger partial charge in [-0.1, -0.05) is 64.1 Å². The summed E-state index contributed by atoms with van der Waals surface area (Å²) in [6, 6.07) is 13.5. The molecule has 0 fully saturated rings. The van der Waals surface area contributed by atoms with Crippen LogP contribution in [0.1, 0.15) is 50.7 Å². The number of rotatable bonds is 3. The van der Waals surface area contributed by atoms with Gasteiger partial charge in [-0.2, -0.15) is 0 Å². The first kappa shape index (κ1) is 13.8. The lowest BCUT2D eigenvalue weighted by atomic mass is 9.88. The van der Waals surface area contributed by atoms with E-state index in [4.69, 9.17) is 0 Å². The lowest BCUT2D eigenvalue weighted by Gasteiger charge is -2.17. The van der Waals surface area contributed by atoms with Crippen molar-refractivity contribution in [3.8, 4) is 11.1 Å². The number of halogens is 1. The van der Waals surface area contributed by atoms with Gasteiger partial charge in [-0.15, -0.1) is 0 Å². The average molecular weight is 256 g/mol. The zero-order valence-corrected chi connectivity index (χ0v) is 12.1. The molecule has 0 amide bonds. The van der Waals surface area contributed by atoms with E-state index in [9.17, 15) is 4.39 Å². The maximum absolute atomic E-state index is 14.1. The summed E-state index contributed by atoms with van der Waals surface area (Å²) in [6.45, 7) is 8.62. The van der Waals surface area contributed by atoms with Crippen LogP contribution in [-0.2, 0) is 0 Å². The van der Waals surface area contributed by atoms with Gasteiger partial charge in [-0.05, 0) is 34.6 Å². The summed E-state index contributed by atoms with van der Waals surface area (Å²) in [6.07, 6.45) is 0. The molecule has 0 aliphatic heterocycles. The minimum atomic E-state index is -0.148. The van der Waals surface area contributed by atoms with Crippen molar-refractivity contribution in [1.29, 1.82) is 0 Å². The lowest BCUT2D eigenvalue weighted by Crippen LogP contribution is -1.97. The first-order chi connectivity index (χ1) is 9.00. The van der Waals surface area contributed by atoms with Gasteiger partial charge in [0.05, 0.1) is 0 Å². The molecule has 0 saturated carbocycles. The Balaban J connectivity index is 2.65. The van der Waals surface area contributed by atoms with Gasteiger partial charge in [0.2, 0.25) is 0 Å². The molecule has 0 radical (unpaired) electrons. The predicted molar refractivity (Wildman–Crippen MR) is 80.0 cm³/mol. The normalized spacial score (nSPS) is 11.3. The molecule has 100 valence electrons. The fourth-order valence-electron chi connectivity index (χ4n) is 2.35. The summed E-state index contributed by atoms with van der Waals surface area (Å²) in [5.41, 5.74) is 4.19. The zero-order valence-electron chi connectivity index (χ0n) is 12.1. The molecule has 0 nitrogen and oxygen atoms in total. The smallest absolute Gasteiger partial charge is 0.131 e. The monoisotopic (exact) mass is 256 g/mol. The van der Waals surface area contributed by atoms with Gasteiger partial charge in [-0.3, -0.25) is 0 Å². The molecule has 0 aromatic heterocycles. The summed E-state index contributed by atoms with van der Waals surface area (Å²) in [5.74, 6) is 0.688. The Labute approximate surface area is 115 Å². The van der Waals surface area contributed by atoms with Crippen LogP contribution >= 0.6 is 0 Å². The van der Waals surface area contributed by atoms with E-state index in [1.54, 1.807) is 6.07 Å². The van der Waals surface area contributed by atoms with Gasteiger partial charge < -0.3 is 0 Å². The Kier molecular flexibility index (Phi) is 4.04. The van der Waals surface area contributed by atoms with E-state index in [0.29, 0.717) is 17.4 Å². The van der Waals surface area contributed by atoms with Crippen molar-refractivity contribution >= 4 is 0 Å². The topological polar surface area (TPSA) is 0 Å². The SMILES string of the molecule is CC(C)c1ccc(C(C)C)c(-c2ccccc2F)c1. The lowest BCUT2D eigenvalue weighted by molar-refractivity contribution is 0.631. The minimum Gasteiger partial charge on any atom is -0.206 e. The maximum atomic E-state index is 14.1. The predicted octanol–water partition coefficient (Wildman–Crippen LogP) is 5.74. The van der Waals surface area contributed by atoms with Crippen LogP contribution in [0.3, 0.4) is 0 Å². The Bertz CT molecular complexity index is 568. The summed E-state index contributed by atoms with van der Waals surface area (Å²) in [5, 5.41) is 0. The van der Waals surface area contributed by atoms with E-state index < -0.39 is 0 Å². The Morgan fingerprint density at radius 2 is 1.47 bits per heavy atom. The van der Waals surface area contributed by atoms with E-state index in [0.717, 1.165) is 5.56 Å². The third-order valence-electron chi connectivity index (χ3n) is 3.53. The molecule has 0 spiro atoms. The molecule has 0 atom stereocenters. The molecule has 19 heavy (non-hydrogen) atoms. The fourth-order valence-corrected chi connectivity index (χ4v) is 2.35. The van der Waals surface area contributed by atoms with E-state index in [1.165, 1.54) is 17.2 Å². The highest BCUT2D eigenvalue weighted by atomic mass is 19.1. The third-order valence-corrected chi connectivity index (χ3v) is 3.53. The van der Waals surface area contributed by atoms with E-state index >= 15 is 0 Å². The first-order valence-electron chi connectivity index (χ1n) is 6.89. The second kappa shape index (κ2) is 5.56. The molecular formula is C18H21F. The molecule has 0 heterocycles. The quantitative estimate of drug-likeness (QED) is 0.657. The van der Waals surface area contributed by atoms with Gasteiger partial charge in [-0.25, -0.2) is 4.39 Å². The van der Waals surface area contributed by atoms with Crippen molar-refractivity contribution in [2.45, 2.75) is 39.5 Å². The van der Waals surface area contributed by atoms with Crippen molar-refractivity contribution in [3.05, 3.63) is 59.4 Å². The van der Waals surface area contributed by atoms with E-state index in [1.807, 2.05) is 12.1 Å². The van der Waals surface area contributed by atoms with Crippen LogP contribution < -0.4 is 0 Å². The van der Waals surface area contributed by atoms with Gasteiger partial charge in [0.15, 0.2) is 0 Å². The number of hydrogen-bond acceptors (Lipinski definition) is 0. The van der Waals surface area contributed by atoms with Crippen molar-refractivity contribution in [2.75, 3.05) is 0 Å². The molecular weight excluding hydrogens is 235 g/mol. The number of hydrogen-bond donors (Lipinski definition) is 0. The highest BCUT2D eigenvalue weighted by molar-refractivity contribution is 5.69. The molecule has 2 aromatic carbocycles. The molecule has 0 aliphatic rings. The highest BCUT2D eigenvalue weighted by Gasteiger charge is 2.13. The molecule has 2 rings (SSSR count). The molecule has 0 bridgehead atoms. The van der Waals surface area contributed by atoms with Crippen molar-refractivity contribution in [3.63, 3.8) is 0 Å². The van der Waals surface area contributed by atoms with Crippen LogP contribution in [0.4, 0.5) is 4.39 Å². The van der Waals surface area contributed by atoms with Gasteiger partial charge in [0, 0.05) is 5.56 Å². The summed E-state index contributed by atoms with van der Waals surface area (Å²) in [7, 11) is 0. The largest absolute Gasteiger partial charge is 0.206 e. The Morgan fingerprint density at radius 3 is 2.05 bits per heavy atom. The average Bonchev–Trinajstić information content (AvgIpc) is 2.38. The summed E-state index contributed by atoms with van der Waals surface area (Å²) < 4.78 is 14.1. The molecule has 0 N–H and O–H groups in total. The zero-order chi connectivity index (χ0) is 14.0. The van der Waals surface area contributed by atoms with Gasteiger partial charge in [0.1, 0.15) is 5.82 Å². The number of benzene rings is 2. The minimum absolute atomic E-state index is 0.148. The Morgan fingerprint density at radius 1 is 0.789 bits per heavy atom. The second-order valence-electron chi connectivity index (χ2n) is 5.64. The molecule has 1 heteroatoms. The fraction of sp³-hybridized carbons (Fsp3) is 0.333. The first-order valence-corrected chi connectivity index (χ1v) is 6.89. The van der Waals surface area contributed by atoms with Crippen LogP contribution in [0, 0.1) is 5.82 Å². The summed E-state index contributed by atoms with van der Waals surface area (Å²) in [4.78, 5) is 0. The third kappa shape index (κ3) is 2.86. The van der Waals surface area contributed by atoms with Crippen molar-refractivity contribution in [2.24, 2.45) is 0 Å². The molecule has 0 unspecified atom stereocenters. The van der Waals surface area contributed by atoms with E-state index in [-0.39, 0.29) is 5.82 Å². The summed E-state index contributed by atoms with van der Waals surface area (Å²) >= 11 is 0. The maximum Gasteiger partial charge on any atom is 0.131 e. The molecule has 0 saturated heterocycles. The van der Waals surface area contributed by atoms with Crippen molar-refractivity contribution in [1.82, 2.24) is 0 Å². The standard InChI is InChI=1S/C18H21F/c1-12(2)14-9-10-15(13(3)4)17(11-14)16-7-5-6-8-18(16)19/h5-13H,1-4H3. The van der Waals surface area contributed by atoms with Gasteiger partial charge >= 0.3 is 0 Å². The highest BCUT2D eigenvalue weighted by Crippen LogP contribution is 2.33. The van der Waals surface area contributed by atoms with Crippen LogP contribution in [0.25, 0.3) is 11.1 Å². The van der Waals surface area contributed by atoms with Crippen LogP contribution in [0.2, 0.25) is 0 Å². The molecule has 2 aromatic rings. The van der Waals surface area contributed by atoms with Crippen LogP contribution in [0.15, 0.2) is 42.5 Å².